The van der Waals surface area contributed by atoms with Crippen LogP contribution in [0.4, 0.5) is 8.78 Å². The second-order valence-electron chi connectivity index (χ2n) is 5.21. The molecular formula is C14H20F2N2O2S. The predicted octanol–water partition coefficient (Wildman–Crippen LogP) is 2.12. The third-order valence-electron chi connectivity index (χ3n) is 3.79. The van der Waals surface area contributed by atoms with Crippen LogP contribution in [0.25, 0.3) is 0 Å². The summed E-state index contributed by atoms with van der Waals surface area (Å²) in [6, 6.07) is 2.90. The Morgan fingerprint density at radius 2 is 1.95 bits per heavy atom. The molecule has 1 aliphatic heterocycles. The minimum absolute atomic E-state index is 0.213. The van der Waals surface area contributed by atoms with Crippen molar-refractivity contribution < 1.29 is 17.2 Å². The fraction of sp³-hybridized carbons (Fsp3) is 0.571. The van der Waals surface area contributed by atoms with Crippen LogP contribution in [-0.4, -0.2) is 38.9 Å². The number of benzene rings is 1. The number of hydrogen-bond donors (Lipinski definition) is 1. The van der Waals surface area contributed by atoms with E-state index in [1.165, 1.54) is 10.4 Å². The molecule has 1 aromatic rings. The Balaban J connectivity index is 2.36. The van der Waals surface area contributed by atoms with Crippen molar-refractivity contribution >= 4 is 10.0 Å². The quantitative estimate of drug-likeness (QED) is 0.905. The molecule has 1 saturated heterocycles. The smallest absolute Gasteiger partial charge is 0.249 e. The van der Waals surface area contributed by atoms with Crippen LogP contribution in [0.3, 0.4) is 0 Å². The van der Waals surface area contributed by atoms with Gasteiger partial charge >= 0.3 is 0 Å². The van der Waals surface area contributed by atoms with Crippen LogP contribution in [0.1, 0.15) is 25.7 Å². The van der Waals surface area contributed by atoms with E-state index in [9.17, 15) is 17.2 Å². The Bertz CT molecular complexity index is 572. The highest BCUT2D eigenvalue weighted by molar-refractivity contribution is 7.89. The molecule has 2 rings (SSSR count). The van der Waals surface area contributed by atoms with Crippen LogP contribution in [0.5, 0.6) is 0 Å². The third kappa shape index (κ3) is 3.41. The van der Waals surface area contributed by atoms with Gasteiger partial charge in [0.2, 0.25) is 10.0 Å². The third-order valence-corrected chi connectivity index (χ3v) is 5.79. The zero-order chi connectivity index (χ0) is 15.5. The summed E-state index contributed by atoms with van der Waals surface area (Å²) < 4.78 is 54.2. The van der Waals surface area contributed by atoms with E-state index in [1.54, 1.807) is 7.05 Å². The highest BCUT2D eigenvalue weighted by Crippen LogP contribution is 2.29. The Hall–Kier alpha value is -1.05. The lowest BCUT2D eigenvalue weighted by molar-refractivity contribution is 0.239. The van der Waals surface area contributed by atoms with Crippen LogP contribution < -0.4 is 5.32 Å². The van der Waals surface area contributed by atoms with Gasteiger partial charge in [-0.25, -0.2) is 17.2 Å². The first-order valence-corrected chi connectivity index (χ1v) is 8.53. The van der Waals surface area contributed by atoms with Gasteiger partial charge in [-0.3, -0.25) is 0 Å². The van der Waals surface area contributed by atoms with Crippen LogP contribution in [0, 0.1) is 11.6 Å². The molecule has 0 aliphatic carbocycles. The molecule has 0 saturated carbocycles. The maximum Gasteiger partial charge on any atom is 0.249 e. The first kappa shape index (κ1) is 16.3. The standard InChI is InChI=1S/C14H20F2N2O2S/c1-17-9-8-11-5-2-3-10-18(11)21(19,20)14-12(15)6-4-7-13(14)16/h4,6-7,11,17H,2-3,5,8-10H2,1H3. The summed E-state index contributed by atoms with van der Waals surface area (Å²) in [5, 5.41) is 2.98. The Morgan fingerprint density at radius 1 is 1.29 bits per heavy atom. The van der Waals surface area contributed by atoms with E-state index in [0.29, 0.717) is 25.9 Å². The van der Waals surface area contributed by atoms with Gasteiger partial charge in [-0.05, 0) is 45.0 Å². The van der Waals surface area contributed by atoms with Crippen molar-refractivity contribution in [3.05, 3.63) is 29.8 Å². The first-order valence-electron chi connectivity index (χ1n) is 7.09. The summed E-state index contributed by atoms with van der Waals surface area (Å²) in [5.41, 5.74) is 0. The Morgan fingerprint density at radius 3 is 2.57 bits per heavy atom. The maximum atomic E-state index is 13.8. The van der Waals surface area contributed by atoms with Gasteiger partial charge in [-0.2, -0.15) is 4.31 Å². The molecule has 1 aromatic carbocycles. The van der Waals surface area contributed by atoms with Crippen molar-refractivity contribution in [3.63, 3.8) is 0 Å². The molecule has 118 valence electrons. The summed E-state index contributed by atoms with van der Waals surface area (Å²) in [4.78, 5) is -0.832. The molecule has 0 aromatic heterocycles. The van der Waals surface area contributed by atoms with Crippen molar-refractivity contribution in [3.8, 4) is 0 Å². The van der Waals surface area contributed by atoms with Crippen LogP contribution >= 0.6 is 0 Å². The molecule has 4 nitrogen and oxygen atoms in total. The van der Waals surface area contributed by atoms with E-state index in [2.05, 4.69) is 5.32 Å². The fourth-order valence-corrected chi connectivity index (χ4v) is 4.57. The van der Waals surface area contributed by atoms with Gasteiger partial charge in [0.05, 0.1) is 0 Å². The summed E-state index contributed by atoms with van der Waals surface area (Å²) in [6.45, 7) is 0.973. The van der Waals surface area contributed by atoms with Crippen molar-refractivity contribution in [1.29, 1.82) is 0 Å². The molecule has 1 N–H and O–H groups in total. The van der Waals surface area contributed by atoms with Gasteiger partial charge < -0.3 is 5.32 Å². The van der Waals surface area contributed by atoms with Crippen molar-refractivity contribution in [2.45, 2.75) is 36.6 Å². The van der Waals surface area contributed by atoms with E-state index in [0.717, 1.165) is 25.0 Å². The SMILES string of the molecule is CNCCC1CCCCN1S(=O)(=O)c1c(F)cccc1F. The molecule has 0 spiro atoms. The number of sulfonamides is 1. The summed E-state index contributed by atoms with van der Waals surface area (Å²) in [6.07, 6.45) is 2.99. The molecule has 0 radical (unpaired) electrons. The second-order valence-corrected chi connectivity index (χ2v) is 7.04. The number of halogens is 2. The Labute approximate surface area is 124 Å². The van der Waals surface area contributed by atoms with Crippen LogP contribution in [0.15, 0.2) is 23.1 Å². The fourth-order valence-electron chi connectivity index (χ4n) is 2.74. The normalized spacial score (nSPS) is 20.6. The first-order chi connectivity index (χ1) is 9.98. The number of nitrogens with one attached hydrogen (secondary N) is 1. The van der Waals surface area contributed by atoms with Crippen molar-refractivity contribution in [2.75, 3.05) is 20.1 Å². The van der Waals surface area contributed by atoms with E-state index in [1.807, 2.05) is 0 Å². The largest absolute Gasteiger partial charge is 0.320 e. The minimum atomic E-state index is -4.15. The number of rotatable bonds is 5. The van der Waals surface area contributed by atoms with Gasteiger partial charge in [-0.1, -0.05) is 12.5 Å². The molecule has 1 unspecified atom stereocenters. The monoisotopic (exact) mass is 318 g/mol. The maximum absolute atomic E-state index is 13.8. The zero-order valence-corrected chi connectivity index (χ0v) is 12.8. The molecule has 0 amide bonds. The van der Waals surface area contributed by atoms with Gasteiger partial charge in [0.1, 0.15) is 11.6 Å². The summed E-state index contributed by atoms with van der Waals surface area (Å²) >= 11 is 0. The summed E-state index contributed by atoms with van der Waals surface area (Å²) in [5.74, 6) is -2.07. The lowest BCUT2D eigenvalue weighted by Gasteiger charge is -2.34. The molecule has 21 heavy (non-hydrogen) atoms. The number of nitrogens with zero attached hydrogens (tertiary/aromatic N) is 1. The predicted molar refractivity (Wildman–Crippen MR) is 76.4 cm³/mol. The van der Waals surface area contributed by atoms with E-state index in [4.69, 9.17) is 0 Å². The van der Waals surface area contributed by atoms with Crippen molar-refractivity contribution in [2.24, 2.45) is 0 Å². The lowest BCUT2D eigenvalue weighted by Crippen LogP contribution is -2.45. The van der Waals surface area contributed by atoms with Gasteiger partial charge in [0.25, 0.3) is 0 Å². The van der Waals surface area contributed by atoms with E-state index >= 15 is 0 Å². The molecule has 0 bridgehead atoms. The van der Waals surface area contributed by atoms with Crippen LogP contribution in [0.2, 0.25) is 0 Å². The van der Waals surface area contributed by atoms with Gasteiger partial charge in [-0.15, -0.1) is 0 Å². The molecule has 1 aliphatic rings. The second kappa shape index (κ2) is 6.81. The van der Waals surface area contributed by atoms with Gasteiger partial charge in [0.15, 0.2) is 4.90 Å². The van der Waals surface area contributed by atoms with E-state index in [-0.39, 0.29) is 6.04 Å². The van der Waals surface area contributed by atoms with E-state index < -0.39 is 26.6 Å². The van der Waals surface area contributed by atoms with Crippen molar-refractivity contribution in [1.82, 2.24) is 9.62 Å². The average Bonchev–Trinajstić information content (AvgIpc) is 2.45. The lowest BCUT2D eigenvalue weighted by atomic mass is 10.0. The van der Waals surface area contributed by atoms with Gasteiger partial charge in [0, 0.05) is 12.6 Å². The average molecular weight is 318 g/mol. The number of piperidine rings is 1. The molecule has 1 fully saturated rings. The Kier molecular flexibility index (Phi) is 5.29. The molecule has 1 heterocycles. The highest BCUT2D eigenvalue weighted by atomic mass is 32.2. The topological polar surface area (TPSA) is 49.4 Å². The molecule has 7 heteroatoms. The molecular weight excluding hydrogens is 298 g/mol. The molecule has 1 atom stereocenters. The van der Waals surface area contributed by atoms with Crippen LogP contribution in [-0.2, 0) is 10.0 Å². The number of hydrogen-bond acceptors (Lipinski definition) is 3. The highest BCUT2D eigenvalue weighted by Gasteiger charge is 2.36. The minimum Gasteiger partial charge on any atom is -0.320 e. The summed E-state index contributed by atoms with van der Waals surface area (Å²) in [7, 11) is -2.36. The zero-order valence-electron chi connectivity index (χ0n) is 12.0.